The lowest BCUT2D eigenvalue weighted by atomic mass is 9.93. The van der Waals surface area contributed by atoms with Crippen LogP contribution in [-0.2, 0) is 4.79 Å². The zero-order chi connectivity index (χ0) is 13.7. The molecule has 19 heavy (non-hydrogen) atoms. The summed E-state index contributed by atoms with van der Waals surface area (Å²) in [6.07, 6.45) is 8.48. The molecule has 1 unspecified atom stereocenters. The van der Waals surface area contributed by atoms with Crippen LogP contribution in [0.1, 0.15) is 51.9 Å². The van der Waals surface area contributed by atoms with E-state index < -0.39 is 0 Å². The molecule has 4 nitrogen and oxygen atoms in total. The van der Waals surface area contributed by atoms with E-state index in [0.29, 0.717) is 12.6 Å². The predicted molar refractivity (Wildman–Crippen MR) is 75.9 cm³/mol. The summed E-state index contributed by atoms with van der Waals surface area (Å²) in [5.41, 5.74) is 0. The maximum atomic E-state index is 12.5. The largest absolute Gasteiger partial charge is 0.395 e. The zero-order valence-corrected chi connectivity index (χ0v) is 12.2. The topological polar surface area (TPSA) is 43.8 Å². The molecular weight excluding hydrogens is 240 g/mol. The third-order valence-corrected chi connectivity index (χ3v) is 4.67. The average Bonchev–Trinajstić information content (AvgIpc) is 2.98. The first-order chi connectivity index (χ1) is 9.24. The van der Waals surface area contributed by atoms with Gasteiger partial charge in [0.1, 0.15) is 0 Å². The van der Waals surface area contributed by atoms with Gasteiger partial charge in [-0.25, -0.2) is 0 Å². The second kappa shape index (κ2) is 7.25. The van der Waals surface area contributed by atoms with Crippen molar-refractivity contribution < 1.29 is 9.90 Å². The van der Waals surface area contributed by atoms with Gasteiger partial charge < -0.3 is 10.0 Å². The van der Waals surface area contributed by atoms with Gasteiger partial charge >= 0.3 is 0 Å². The molecule has 110 valence electrons. The van der Waals surface area contributed by atoms with E-state index >= 15 is 0 Å². The van der Waals surface area contributed by atoms with E-state index in [1.165, 1.54) is 32.1 Å². The summed E-state index contributed by atoms with van der Waals surface area (Å²) in [5.74, 6) is 0.261. The second-order valence-electron chi connectivity index (χ2n) is 5.96. The van der Waals surface area contributed by atoms with Crippen molar-refractivity contribution in [2.24, 2.45) is 0 Å². The van der Waals surface area contributed by atoms with Gasteiger partial charge in [0.2, 0.25) is 5.91 Å². The first-order valence-corrected chi connectivity index (χ1v) is 7.89. The van der Waals surface area contributed by atoms with E-state index in [-0.39, 0.29) is 18.6 Å². The van der Waals surface area contributed by atoms with Crippen molar-refractivity contribution in [1.82, 2.24) is 9.80 Å². The Morgan fingerprint density at radius 2 is 1.84 bits per heavy atom. The van der Waals surface area contributed by atoms with Crippen molar-refractivity contribution in [2.45, 2.75) is 64.0 Å². The zero-order valence-electron chi connectivity index (χ0n) is 12.2. The summed E-state index contributed by atoms with van der Waals surface area (Å²) in [4.78, 5) is 16.8. The fraction of sp³-hybridized carbons (Fsp3) is 0.933. The highest BCUT2D eigenvalue weighted by molar-refractivity contribution is 5.81. The molecule has 0 spiro atoms. The second-order valence-corrected chi connectivity index (χ2v) is 5.96. The van der Waals surface area contributed by atoms with Gasteiger partial charge in [0.15, 0.2) is 0 Å². The molecule has 1 N–H and O–H groups in total. The van der Waals surface area contributed by atoms with Crippen LogP contribution in [0.15, 0.2) is 0 Å². The van der Waals surface area contributed by atoms with Gasteiger partial charge in [-0.05, 0) is 32.6 Å². The van der Waals surface area contributed by atoms with Gasteiger partial charge in [-0.1, -0.05) is 19.3 Å². The molecule has 0 aromatic heterocycles. The molecular formula is C15H28N2O2. The average molecular weight is 268 g/mol. The molecule has 2 aliphatic rings. The van der Waals surface area contributed by atoms with E-state index in [2.05, 4.69) is 4.90 Å². The molecule has 0 aromatic carbocycles. The number of rotatable bonds is 5. The molecule has 1 saturated carbocycles. The Balaban J connectivity index is 1.97. The van der Waals surface area contributed by atoms with Crippen molar-refractivity contribution in [1.29, 1.82) is 0 Å². The van der Waals surface area contributed by atoms with Crippen LogP contribution < -0.4 is 0 Å². The molecule has 1 aliphatic heterocycles. The molecule has 0 radical (unpaired) electrons. The Hall–Kier alpha value is -0.610. The lowest BCUT2D eigenvalue weighted by Gasteiger charge is -2.38. The Bertz CT molecular complexity index is 284. The first-order valence-electron chi connectivity index (χ1n) is 7.89. The van der Waals surface area contributed by atoms with E-state index in [1.54, 1.807) is 0 Å². The Morgan fingerprint density at radius 1 is 1.21 bits per heavy atom. The number of aliphatic hydroxyl groups excluding tert-OH is 1. The fourth-order valence-corrected chi connectivity index (χ4v) is 3.56. The summed E-state index contributed by atoms with van der Waals surface area (Å²) in [6, 6.07) is 0.413. The Morgan fingerprint density at radius 3 is 2.42 bits per heavy atom. The summed E-state index contributed by atoms with van der Waals surface area (Å²) in [6.45, 7) is 4.63. The summed E-state index contributed by atoms with van der Waals surface area (Å²) < 4.78 is 0. The SMILES string of the molecule is CC(C(=O)N1CCCC1)N(CCO)C1CCCCC1. The number of nitrogens with zero attached hydrogens (tertiary/aromatic N) is 2. The fourth-order valence-electron chi connectivity index (χ4n) is 3.56. The third-order valence-electron chi connectivity index (χ3n) is 4.67. The highest BCUT2D eigenvalue weighted by Gasteiger charge is 2.32. The van der Waals surface area contributed by atoms with Gasteiger partial charge in [-0.2, -0.15) is 0 Å². The minimum atomic E-state index is -0.0756. The number of hydrogen-bond donors (Lipinski definition) is 1. The number of likely N-dealkylation sites (tertiary alicyclic amines) is 1. The van der Waals surface area contributed by atoms with Crippen LogP contribution in [0.2, 0.25) is 0 Å². The molecule has 2 fully saturated rings. The highest BCUT2D eigenvalue weighted by Crippen LogP contribution is 2.25. The molecule has 1 saturated heterocycles. The van der Waals surface area contributed by atoms with Crippen LogP contribution in [0.4, 0.5) is 0 Å². The summed E-state index contributed by atoms with van der Waals surface area (Å²) >= 11 is 0. The molecule has 1 aliphatic carbocycles. The van der Waals surface area contributed by atoms with Crippen LogP contribution in [0.5, 0.6) is 0 Å². The Labute approximate surface area is 116 Å². The van der Waals surface area contributed by atoms with Crippen LogP contribution in [-0.4, -0.2) is 59.1 Å². The number of carbonyl (C=O) groups excluding carboxylic acids is 1. The molecule has 0 aromatic rings. The summed E-state index contributed by atoms with van der Waals surface area (Å²) in [7, 11) is 0. The van der Waals surface area contributed by atoms with Crippen LogP contribution in [0.25, 0.3) is 0 Å². The minimum Gasteiger partial charge on any atom is -0.395 e. The van der Waals surface area contributed by atoms with E-state index in [9.17, 15) is 9.90 Å². The van der Waals surface area contributed by atoms with Gasteiger partial charge in [-0.3, -0.25) is 9.69 Å². The third kappa shape index (κ3) is 3.69. The molecule has 1 amide bonds. The Kier molecular flexibility index (Phi) is 5.64. The standard InChI is InChI=1S/C15H28N2O2/c1-13(15(19)16-9-5-6-10-16)17(11-12-18)14-7-3-2-4-8-14/h13-14,18H,2-12H2,1H3. The highest BCUT2D eigenvalue weighted by atomic mass is 16.3. The van der Waals surface area contributed by atoms with Crippen molar-refractivity contribution >= 4 is 5.91 Å². The number of carbonyl (C=O) groups is 1. The van der Waals surface area contributed by atoms with Crippen molar-refractivity contribution in [2.75, 3.05) is 26.2 Å². The monoisotopic (exact) mass is 268 g/mol. The number of hydrogen-bond acceptors (Lipinski definition) is 3. The summed E-state index contributed by atoms with van der Waals surface area (Å²) in [5, 5.41) is 9.30. The van der Waals surface area contributed by atoms with Gasteiger partial charge in [-0.15, -0.1) is 0 Å². The van der Waals surface area contributed by atoms with Crippen LogP contribution in [0.3, 0.4) is 0 Å². The molecule has 1 heterocycles. The van der Waals surface area contributed by atoms with Crippen LogP contribution in [0, 0.1) is 0 Å². The van der Waals surface area contributed by atoms with Gasteiger partial charge in [0.25, 0.3) is 0 Å². The molecule has 2 rings (SSSR count). The van der Waals surface area contributed by atoms with E-state index in [0.717, 1.165) is 25.9 Å². The quantitative estimate of drug-likeness (QED) is 0.824. The minimum absolute atomic E-state index is 0.0756. The van der Waals surface area contributed by atoms with Crippen molar-refractivity contribution in [3.8, 4) is 0 Å². The number of amides is 1. The normalized spacial score (nSPS) is 23.0. The molecule has 1 atom stereocenters. The number of aliphatic hydroxyl groups is 1. The maximum Gasteiger partial charge on any atom is 0.239 e. The van der Waals surface area contributed by atoms with Crippen molar-refractivity contribution in [3.63, 3.8) is 0 Å². The van der Waals surface area contributed by atoms with Gasteiger partial charge in [0.05, 0.1) is 12.6 Å². The van der Waals surface area contributed by atoms with E-state index in [4.69, 9.17) is 0 Å². The van der Waals surface area contributed by atoms with E-state index in [1.807, 2.05) is 11.8 Å². The maximum absolute atomic E-state index is 12.5. The van der Waals surface area contributed by atoms with Crippen molar-refractivity contribution in [3.05, 3.63) is 0 Å². The lowest BCUT2D eigenvalue weighted by molar-refractivity contribution is -0.136. The molecule has 4 heteroatoms. The van der Waals surface area contributed by atoms with Crippen LogP contribution >= 0.6 is 0 Å². The first kappa shape index (κ1) is 14.8. The lowest BCUT2D eigenvalue weighted by Crippen LogP contribution is -2.51. The molecule has 0 bridgehead atoms. The van der Waals surface area contributed by atoms with Gasteiger partial charge in [0, 0.05) is 25.7 Å². The predicted octanol–water partition coefficient (Wildman–Crippen LogP) is 1.62. The smallest absolute Gasteiger partial charge is 0.239 e.